The molecule has 2 amide bonds. The smallest absolute Gasteiger partial charge is 0.251 e. The van der Waals surface area contributed by atoms with Gasteiger partial charge in [-0.3, -0.25) is 14.5 Å². The fourth-order valence-electron chi connectivity index (χ4n) is 3.40. The number of nitrogens with zero attached hydrogens (tertiary/aromatic N) is 1. The van der Waals surface area contributed by atoms with Crippen LogP contribution in [0.4, 0.5) is 5.00 Å². The van der Waals surface area contributed by atoms with Gasteiger partial charge >= 0.3 is 0 Å². The van der Waals surface area contributed by atoms with Crippen molar-refractivity contribution in [3.8, 4) is 0 Å². The molecule has 0 radical (unpaired) electrons. The van der Waals surface area contributed by atoms with Gasteiger partial charge in [0.15, 0.2) is 0 Å². The fourth-order valence-corrected chi connectivity index (χ4v) is 5.56. The van der Waals surface area contributed by atoms with Crippen LogP contribution in [0.1, 0.15) is 46.1 Å². The number of hydrogen-bond donors (Lipinski definition) is 2. The highest BCUT2D eigenvalue weighted by atomic mass is 35.5. The van der Waals surface area contributed by atoms with Crippen molar-refractivity contribution in [2.24, 2.45) is 5.73 Å². The van der Waals surface area contributed by atoms with E-state index in [-0.39, 0.29) is 18.3 Å². The largest absolute Gasteiger partial charge is 0.365 e. The number of aryl methyl sites for hydroxylation is 1. The summed E-state index contributed by atoms with van der Waals surface area (Å²) in [6.45, 7) is 7.02. The highest BCUT2D eigenvalue weighted by Crippen LogP contribution is 2.37. The molecule has 1 aromatic carbocycles. The average Bonchev–Trinajstić information content (AvgIpc) is 3.00. The van der Waals surface area contributed by atoms with Gasteiger partial charge in [0.25, 0.3) is 5.91 Å². The predicted molar refractivity (Wildman–Crippen MR) is 125 cm³/mol. The maximum atomic E-state index is 12.4. The van der Waals surface area contributed by atoms with Crippen molar-refractivity contribution >= 4 is 52.3 Å². The van der Waals surface area contributed by atoms with Crippen LogP contribution in [0.15, 0.2) is 29.2 Å². The molecule has 0 atom stereocenters. The zero-order chi connectivity index (χ0) is 20.1. The molecule has 3 N–H and O–H groups in total. The number of carbonyl (C=O) groups is 2. The molecule has 1 aromatic heterocycles. The van der Waals surface area contributed by atoms with Crippen molar-refractivity contribution in [1.82, 2.24) is 4.90 Å². The first kappa shape index (κ1) is 23.7. The van der Waals surface area contributed by atoms with Crippen LogP contribution < -0.4 is 11.1 Å². The van der Waals surface area contributed by atoms with Crippen molar-refractivity contribution in [1.29, 1.82) is 0 Å². The van der Waals surface area contributed by atoms with Gasteiger partial charge < -0.3 is 11.1 Å². The minimum absolute atomic E-state index is 0. The van der Waals surface area contributed by atoms with Crippen LogP contribution in [0, 0.1) is 6.92 Å². The lowest BCUT2D eigenvalue weighted by Gasteiger charge is -2.26. The third-order valence-electron chi connectivity index (χ3n) is 4.79. The Morgan fingerprint density at radius 2 is 2.00 bits per heavy atom. The van der Waals surface area contributed by atoms with Gasteiger partial charge in [-0.05, 0) is 44.0 Å². The second-order valence-electron chi connectivity index (χ2n) is 7.06. The van der Waals surface area contributed by atoms with Crippen LogP contribution in [0.2, 0.25) is 0 Å². The van der Waals surface area contributed by atoms with E-state index in [0.717, 1.165) is 47.8 Å². The van der Waals surface area contributed by atoms with E-state index in [2.05, 4.69) is 48.3 Å². The zero-order valence-corrected chi connectivity index (χ0v) is 19.3. The third-order valence-corrected chi connectivity index (χ3v) is 6.94. The number of thioether (sulfide) groups is 1. The van der Waals surface area contributed by atoms with Crippen LogP contribution in [0.25, 0.3) is 0 Å². The lowest BCUT2D eigenvalue weighted by molar-refractivity contribution is -0.115. The second kappa shape index (κ2) is 11.0. The van der Waals surface area contributed by atoms with E-state index in [1.165, 1.54) is 16.9 Å². The number of nitrogens with one attached hydrogen (secondary N) is 1. The Hall–Kier alpha value is -1.54. The summed E-state index contributed by atoms with van der Waals surface area (Å²) in [5, 5.41) is 3.55. The fraction of sp³-hybridized carbons (Fsp3) is 0.429. The molecule has 0 unspecified atom stereocenters. The standard InChI is InChI=1S/C21H27N3O2S2.ClH/c1-3-10-24-11-8-16-17(13-24)28-21(19(16)20(22)26)23-18(25)9-12-27-15-6-4-14(2)5-7-15;/h4-7H,3,8-13H2,1-2H3,(H2,22,26)(H,23,25);1H. The number of fused-ring (bicyclic) bond motifs is 1. The Labute approximate surface area is 186 Å². The molecule has 5 nitrogen and oxygen atoms in total. The number of benzene rings is 1. The molecule has 2 aromatic rings. The van der Waals surface area contributed by atoms with Crippen LogP contribution >= 0.6 is 35.5 Å². The molecule has 0 bridgehead atoms. The van der Waals surface area contributed by atoms with Crippen molar-refractivity contribution in [3.63, 3.8) is 0 Å². The van der Waals surface area contributed by atoms with Gasteiger partial charge in [0.05, 0.1) is 5.56 Å². The number of amides is 2. The molecule has 2 heterocycles. The summed E-state index contributed by atoms with van der Waals surface area (Å²) in [6.07, 6.45) is 2.30. The molecular weight excluding hydrogens is 426 g/mol. The van der Waals surface area contributed by atoms with E-state index in [9.17, 15) is 9.59 Å². The van der Waals surface area contributed by atoms with Crippen molar-refractivity contribution in [2.75, 3.05) is 24.2 Å². The predicted octanol–water partition coefficient (Wildman–Crippen LogP) is 4.47. The number of primary amides is 1. The van der Waals surface area contributed by atoms with Crippen LogP contribution in [-0.4, -0.2) is 35.6 Å². The Kier molecular flexibility index (Phi) is 9.02. The SMILES string of the molecule is CCCN1CCc2c(sc(NC(=O)CCSc3ccc(C)cc3)c2C(N)=O)C1.Cl. The number of anilines is 1. The number of halogens is 1. The lowest BCUT2D eigenvalue weighted by atomic mass is 10.0. The quantitative estimate of drug-likeness (QED) is 0.578. The first-order chi connectivity index (χ1) is 13.5. The summed E-state index contributed by atoms with van der Waals surface area (Å²) in [7, 11) is 0. The molecule has 0 saturated heterocycles. The summed E-state index contributed by atoms with van der Waals surface area (Å²) in [5.74, 6) is 0.160. The van der Waals surface area contributed by atoms with Gasteiger partial charge in [0.1, 0.15) is 5.00 Å². The summed E-state index contributed by atoms with van der Waals surface area (Å²) in [4.78, 5) is 29.1. The highest BCUT2D eigenvalue weighted by molar-refractivity contribution is 7.99. The summed E-state index contributed by atoms with van der Waals surface area (Å²) in [6, 6.07) is 8.27. The van der Waals surface area contributed by atoms with E-state index in [0.29, 0.717) is 22.7 Å². The molecule has 8 heteroatoms. The van der Waals surface area contributed by atoms with Gasteiger partial charge in [0.2, 0.25) is 5.91 Å². The molecule has 3 rings (SSSR count). The van der Waals surface area contributed by atoms with Crippen LogP contribution in [0.3, 0.4) is 0 Å². The van der Waals surface area contributed by atoms with Gasteiger partial charge in [-0.15, -0.1) is 35.5 Å². The van der Waals surface area contributed by atoms with Crippen molar-refractivity contribution in [2.45, 2.75) is 44.6 Å². The summed E-state index contributed by atoms with van der Waals surface area (Å²) >= 11 is 3.15. The Bertz CT molecular complexity index is 852. The third kappa shape index (κ3) is 6.22. The molecule has 0 spiro atoms. The maximum Gasteiger partial charge on any atom is 0.251 e. The topological polar surface area (TPSA) is 75.4 Å². The Balaban J connectivity index is 0.00000300. The van der Waals surface area contributed by atoms with E-state index >= 15 is 0 Å². The molecule has 1 aliphatic rings. The van der Waals surface area contributed by atoms with Crippen LogP contribution in [-0.2, 0) is 17.8 Å². The maximum absolute atomic E-state index is 12.4. The zero-order valence-electron chi connectivity index (χ0n) is 16.8. The summed E-state index contributed by atoms with van der Waals surface area (Å²) < 4.78 is 0. The van der Waals surface area contributed by atoms with Crippen molar-refractivity contribution in [3.05, 3.63) is 45.8 Å². The van der Waals surface area contributed by atoms with Gasteiger partial charge in [0, 0.05) is 35.0 Å². The second-order valence-corrected chi connectivity index (χ2v) is 9.33. The van der Waals surface area contributed by atoms with Gasteiger partial charge in [-0.1, -0.05) is 24.6 Å². The Morgan fingerprint density at radius 1 is 1.28 bits per heavy atom. The first-order valence-corrected chi connectivity index (χ1v) is 11.4. The minimum Gasteiger partial charge on any atom is -0.365 e. The Morgan fingerprint density at radius 3 is 2.66 bits per heavy atom. The number of nitrogens with two attached hydrogens (primary N) is 1. The lowest BCUT2D eigenvalue weighted by Crippen LogP contribution is -2.31. The van der Waals surface area contributed by atoms with E-state index in [1.54, 1.807) is 11.8 Å². The number of hydrogen-bond acceptors (Lipinski definition) is 5. The number of carbonyl (C=O) groups excluding carboxylic acids is 2. The molecule has 0 saturated carbocycles. The minimum atomic E-state index is -0.453. The summed E-state index contributed by atoms with van der Waals surface area (Å²) in [5.41, 5.74) is 8.39. The van der Waals surface area contributed by atoms with E-state index < -0.39 is 5.91 Å². The first-order valence-electron chi connectivity index (χ1n) is 9.64. The molecule has 1 aliphatic heterocycles. The van der Waals surface area contributed by atoms with Gasteiger partial charge in [-0.25, -0.2) is 0 Å². The molecule has 29 heavy (non-hydrogen) atoms. The molecule has 0 aliphatic carbocycles. The molecule has 0 fully saturated rings. The van der Waals surface area contributed by atoms with E-state index in [4.69, 9.17) is 5.73 Å². The normalized spacial score (nSPS) is 13.4. The number of rotatable bonds is 8. The average molecular weight is 454 g/mol. The van der Waals surface area contributed by atoms with Gasteiger partial charge in [-0.2, -0.15) is 0 Å². The number of thiophene rings is 1. The molecular formula is C21H28ClN3O2S2. The highest BCUT2D eigenvalue weighted by Gasteiger charge is 2.27. The molecule has 158 valence electrons. The van der Waals surface area contributed by atoms with Crippen molar-refractivity contribution < 1.29 is 9.59 Å². The van der Waals surface area contributed by atoms with Crippen LogP contribution in [0.5, 0.6) is 0 Å². The van der Waals surface area contributed by atoms with E-state index in [1.807, 2.05) is 0 Å². The monoisotopic (exact) mass is 453 g/mol.